The van der Waals surface area contributed by atoms with Gasteiger partial charge in [0.2, 0.25) is 0 Å². The molecule has 0 bridgehead atoms. The first-order valence-electron chi connectivity index (χ1n) is 9.70. The smallest absolute Gasteiger partial charge is 0.0735 e. The fraction of sp³-hybridized carbons (Fsp3) is 0.500. The normalized spacial score (nSPS) is 24.8. The molecule has 1 atom stereocenters. The standard InChI is InChI=1S/C22H28N2O2/c1-2-6-20(7-3-1)22(10-14-25-18-22)17-24-12-8-21(9-13-24)26-16-19-5-4-11-23-15-19/h1-7,11,15,21H,8-10,12-14,16-18H2. The van der Waals surface area contributed by atoms with Gasteiger partial charge in [-0.2, -0.15) is 0 Å². The summed E-state index contributed by atoms with van der Waals surface area (Å²) in [7, 11) is 0. The number of hydrogen-bond donors (Lipinski definition) is 0. The van der Waals surface area contributed by atoms with Crippen molar-refractivity contribution >= 4 is 0 Å². The van der Waals surface area contributed by atoms with E-state index >= 15 is 0 Å². The van der Waals surface area contributed by atoms with Gasteiger partial charge in [0.15, 0.2) is 0 Å². The Morgan fingerprint density at radius 1 is 1.12 bits per heavy atom. The predicted molar refractivity (Wildman–Crippen MR) is 102 cm³/mol. The first-order chi connectivity index (χ1) is 12.8. The summed E-state index contributed by atoms with van der Waals surface area (Å²) in [5.41, 5.74) is 2.73. The zero-order valence-electron chi connectivity index (χ0n) is 15.3. The highest BCUT2D eigenvalue weighted by Gasteiger charge is 2.38. The second-order valence-electron chi connectivity index (χ2n) is 7.60. The molecule has 2 saturated heterocycles. The van der Waals surface area contributed by atoms with E-state index in [9.17, 15) is 0 Å². The third-order valence-corrected chi connectivity index (χ3v) is 5.76. The van der Waals surface area contributed by atoms with Crippen LogP contribution in [0.2, 0.25) is 0 Å². The Kier molecular flexibility index (Phi) is 5.63. The Bertz CT molecular complexity index is 663. The molecule has 2 aliphatic rings. The fourth-order valence-corrected chi connectivity index (χ4v) is 4.20. The van der Waals surface area contributed by atoms with Gasteiger partial charge in [0.1, 0.15) is 0 Å². The van der Waals surface area contributed by atoms with Gasteiger partial charge in [-0.05, 0) is 36.5 Å². The molecule has 0 N–H and O–H groups in total. The molecule has 3 heterocycles. The maximum absolute atomic E-state index is 6.11. The van der Waals surface area contributed by atoms with Crippen LogP contribution in [0.3, 0.4) is 0 Å². The molecule has 138 valence electrons. The molecular weight excluding hydrogens is 324 g/mol. The van der Waals surface area contributed by atoms with Crippen molar-refractivity contribution in [3.05, 3.63) is 66.0 Å². The van der Waals surface area contributed by atoms with Gasteiger partial charge in [0.05, 0.1) is 19.3 Å². The Morgan fingerprint density at radius 3 is 2.65 bits per heavy atom. The summed E-state index contributed by atoms with van der Waals surface area (Å²) < 4.78 is 11.9. The van der Waals surface area contributed by atoms with Crippen LogP contribution in [0.25, 0.3) is 0 Å². The van der Waals surface area contributed by atoms with Crippen LogP contribution >= 0.6 is 0 Å². The molecule has 4 nitrogen and oxygen atoms in total. The maximum Gasteiger partial charge on any atom is 0.0735 e. The van der Waals surface area contributed by atoms with E-state index in [1.807, 2.05) is 12.3 Å². The SMILES string of the molecule is c1ccc(C2(CN3CCC(OCc4cccnc4)CC3)CCOC2)cc1. The molecule has 4 rings (SSSR count). The molecule has 0 radical (unpaired) electrons. The Balaban J connectivity index is 1.30. The van der Waals surface area contributed by atoms with Crippen molar-refractivity contribution in [1.29, 1.82) is 0 Å². The number of aromatic nitrogens is 1. The second kappa shape index (κ2) is 8.30. The topological polar surface area (TPSA) is 34.6 Å². The van der Waals surface area contributed by atoms with Gasteiger partial charge in [-0.25, -0.2) is 0 Å². The van der Waals surface area contributed by atoms with Crippen molar-refractivity contribution in [1.82, 2.24) is 9.88 Å². The van der Waals surface area contributed by atoms with Gasteiger partial charge < -0.3 is 14.4 Å². The van der Waals surface area contributed by atoms with Crippen LogP contribution in [0, 0.1) is 0 Å². The van der Waals surface area contributed by atoms with Crippen LogP contribution in [-0.2, 0) is 21.5 Å². The number of benzene rings is 1. The molecule has 26 heavy (non-hydrogen) atoms. The Hall–Kier alpha value is -1.75. The van der Waals surface area contributed by atoms with Gasteiger partial charge in [0.25, 0.3) is 0 Å². The van der Waals surface area contributed by atoms with Gasteiger partial charge in [-0.1, -0.05) is 36.4 Å². The van der Waals surface area contributed by atoms with E-state index in [4.69, 9.17) is 9.47 Å². The van der Waals surface area contributed by atoms with E-state index in [-0.39, 0.29) is 5.41 Å². The molecule has 0 spiro atoms. The molecule has 1 unspecified atom stereocenters. The quantitative estimate of drug-likeness (QED) is 0.798. The zero-order chi connectivity index (χ0) is 17.7. The number of pyridine rings is 1. The predicted octanol–water partition coefficient (Wildman–Crippen LogP) is 3.42. The molecule has 4 heteroatoms. The summed E-state index contributed by atoms with van der Waals surface area (Å²) in [4.78, 5) is 6.76. The second-order valence-corrected chi connectivity index (χ2v) is 7.60. The molecule has 0 aliphatic carbocycles. The van der Waals surface area contributed by atoms with Gasteiger partial charge >= 0.3 is 0 Å². The lowest BCUT2D eigenvalue weighted by Crippen LogP contribution is -2.46. The summed E-state index contributed by atoms with van der Waals surface area (Å²) in [6.45, 7) is 5.68. The summed E-state index contributed by atoms with van der Waals surface area (Å²) >= 11 is 0. The van der Waals surface area contributed by atoms with Crippen LogP contribution in [-0.4, -0.2) is 48.8 Å². The number of hydrogen-bond acceptors (Lipinski definition) is 4. The highest BCUT2D eigenvalue weighted by atomic mass is 16.5. The lowest BCUT2D eigenvalue weighted by Gasteiger charge is -2.38. The number of rotatable bonds is 6. The summed E-state index contributed by atoms with van der Waals surface area (Å²) in [5.74, 6) is 0. The van der Waals surface area contributed by atoms with Crippen LogP contribution in [0.15, 0.2) is 54.9 Å². The van der Waals surface area contributed by atoms with Crippen molar-refractivity contribution in [2.45, 2.75) is 37.4 Å². The average molecular weight is 352 g/mol. The number of likely N-dealkylation sites (tertiary alicyclic amines) is 1. The summed E-state index contributed by atoms with van der Waals surface area (Å²) in [6, 6.07) is 15.0. The number of piperidine rings is 1. The van der Waals surface area contributed by atoms with Crippen molar-refractivity contribution in [3.63, 3.8) is 0 Å². The van der Waals surface area contributed by atoms with E-state index in [0.717, 1.165) is 57.7 Å². The third-order valence-electron chi connectivity index (χ3n) is 5.76. The van der Waals surface area contributed by atoms with E-state index < -0.39 is 0 Å². The van der Waals surface area contributed by atoms with Gasteiger partial charge in [-0.15, -0.1) is 0 Å². The molecule has 2 fully saturated rings. The van der Waals surface area contributed by atoms with Crippen molar-refractivity contribution in [2.75, 3.05) is 32.8 Å². The molecule has 2 aliphatic heterocycles. The molecule has 0 amide bonds. The minimum atomic E-state index is 0.157. The number of nitrogens with zero attached hydrogens (tertiary/aromatic N) is 2. The van der Waals surface area contributed by atoms with E-state index in [0.29, 0.717) is 12.7 Å². The molecule has 1 aromatic carbocycles. The average Bonchev–Trinajstić information content (AvgIpc) is 3.19. The number of ether oxygens (including phenoxy) is 2. The highest BCUT2D eigenvalue weighted by Crippen LogP contribution is 2.35. The van der Waals surface area contributed by atoms with Gasteiger partial charge in [0, 0.05) is 44.0 Å². The van der Waals surface area contributed by atoms with Crippen molar-refractivity contribution in [3.8, 4) is 0 Å². The molecule has 1 aromatic heterocycles. The summed E-state index contributed by atoms with van der Waals surface area (Å²) in [5, 5.41) is 0. The summed E-state index contributed by atoms with van der Waals surface area (Å²) in [6.07, 6.45) is 7.38. The van der Waals surface area contributed by atoms with Crippen LogP contribution < -0.4 is 0 Å². The minimum absolute atomic E-state index is 0.157. The van der Waals surface area contributed by atoms with E-state index in [1.54, 1.807) is 6.20 Å². The van der Waals surface area contributed by atoms with Crippen molar-refractivity contribution in [2.24, 2.45) is 0 Å². The lowest BCUT2D eigenvalue weighted by atomic mass is 9.79. The lowest BCUT2D eigenvalue weighted by molar-refractivity contribution is -0.00700. The Morgan fingerprint density at radius 2 is 1.96 bits per heavy atom. The fourth-order valence-electron chi connectivity index (χ4n) is 4.20. The monoisotopic (exact) mass is 352 g/mol. The van der Waals surface area contributed by atoms with Crippen LogP contribution in [0.1, 0.15) is 30.4 Å². The van der Waals surface area contributed by atoms with Crippen LogP contribution in [0.4, 0.5) is 0 Å². The highest BCUT2D eigenvalue weighted by molar-refractivity contribution is 5.27. The molecule has 2 aromatic rings. The third kappa shape index (κ3) is 4.14. The first kappa shape index (κ1) is 17.7. The molecule has 0 saturated carbocycles. The van der Waals surface area contributed by atoms with Crippen molar-refractivity contribution < 1.29 is 9.47 Å². The Labute approximate surface area is 156 Å². The van der Waals surface area contributed by atoms with E-state index in [1.165, 1.54) is 5.56 Å². The van der Waals surface area contributed by atoms with E-state index in [2.05, 4.69) is 46.3 Å². The maximum atomic E-state index is 6.11. The molecular formula is C22H28N2O2. The first-order valence-corrected chi connectivity index (χ1v) is 9.70. The minimum Gasteiger partial charge on any atom is -0.380 e. The largest absolute Gasteiger partial charge is 0.380 e. The van der Waals surface area contributed by atoms with Gasteiger partial charge in [-0.3, -0.25) is 4.98 Å². The zero-order valence-corrected chi connectivity index (χ0v) is 15.3. The van der Waals surface area contributed by atoms with Crippen LogP contribution in [0.5, 0.6) is 0 Å².